The van der Waals surface area contributed by atoms with Crippen molar-refractivity contribution >= 4 is 26.5 Å². The Bertz CT molecular complexity index is 737. The zero-order valence-electron chi connectivity index (χ0n) is 10.9. The molecule has 0 spiro atoms. The zero-order chi connectivity index (χ0) is 14.2. The summed E-state index contributed by atoms with van der Waals surface area (Å²) in [4.78, 5) is 0.259. The van der Waals surface area contributed by atoms with Crippen molar-refractivity contribution in [3.63, 3.8) is 0 Å². The molecule has 2 aromatic rings. The lowest BCUT2D eigenvalue weighted by Crippen LogP contribution is -2.35. The van der Waals surface area contributed by atoms with Gasteiger partial charge in [-0.25, -0.2) is 13.1 Å². The highest BCUT2D eigenvalue weighted by atomic mass is 32.2. The fourth-order valence-electron chi connectivity index (χ4n) is 2.44. The van der Waals surface area contributed by atoms with E-state index in [1.165, 1.54) is 0 Å². The van der Waals surface area contributed by atoms with Gasteiger partial charge in [-0.2, -0.15) is 0 Å². The molecule has 0 aromatic heterocycles. The summed E-state index contributed by atoms with van der Waals surface area (Å²) in [5.41, 5.74) is 6.47. The quantitative estimate of drug-likeness (QED) is 0.840. The summed E-state index contributed by atoms with van der Waals surface area (Å²) in [6.45, 7) is 1.02. The van der Waals surface area contributed by atoms with E-state index in [2.05, 4.69) is 4.72 Å². The van der Waals surface area contributed by atoms with Gasteiger partial charge in [0.25, 0.3) is 0 Å². The second kappa shape index (κ2) is 5.05. The van der Waals surface area contributed by atoms with Crippen molar-refractivity contribution in [3.8, 4) is 0 Å². The normalized spacial score (nSPS) is 19.5. The van der Waals surface area contributed by atoms with Crippen LogP contribution in [0.5, 0.6) is 0 Å². The molecule has 1 aliphatic rings. The van der Waals surface area contributed by atoms with Crippen LogP contribution in [0.15, 0.2) is 41.3 Å². The SMILES string of the molecule is Nc1ccc(S(=O)(=O)NC2CCOC2)c2ccccc12. The van der Waals surface area contributed by atoms with Crippen LogP contribution < -0.4 is 10.5 Å². The summed E-state index contributed by atoms with van der Waals surface area (Å²) in [5, 5.41) is 1.39. The number of nitrogen functional groups attached to an aromatic ring is 1. The van der Waals surface area contributed by atoms with Gasteiger partial charge in [-0.1, -0.05) is 24.3 Å². The molecule has 6 heteroatoms. The lowest BCUT2D eigenvalue weighted by atomic mass is 10.1. The summed E-state index contributed by atoms with van der Waals surface area (Å²) in [7, 11) is -3.57. The number of nitrogens with one attached hydrogen (secondary N) is 1. The molecule has 1 atom stereocenters. The smallest absolute Gasteiger partial charge is 0.241 e. The van der Waals surface area contributed by atoms with Crippen molar-refractivity contribution in [3.05, 3.63) is 36.4 Å². The van der Waals surface area contributed by atoms with Crippen LogP contribution in [0, 0.1) is 0 Å². The lowest BCUT2D eigenvalue weighted by molar-refractivity contribution is 0.192. The molecule has 5 nitrogen and oxygen atoms in total. The minimum absolute atomic E-state index is 0.156. The standard InChI is InChI=1S/C14H16N2O3S/c15-13-5-6-14(12-4-2-1-3-11(12)13)20(17,18)16-10-7-8-19-9-10/h1-6,10,16H,7-9,15H2. The molecule has 1 fully saturated rings. The molecule has 0 saturated carbocycles. The van der Waals surface area contributed by atoms with Gasteiger partial charge >= 0.3 is 0 Å². The van der Waals surface area contributed by atoms with Gasteiger partial charge in [-0.15, -0.1) is 0 Å². The molecule has 3 N–H and O–H groups in total. The van der Waals surface area contributed by atoms with Crippen LogP contribution in [0.3, 0.4) is 0 Å². The van der Waals surface area contributed by atoms with Gasteiger partial charge < -0.3 is 10.5 Å². The Morgan fingerprint density at radius 3 is 2.60 bits per heavy atom. The number of hydrogen-bond acceptors (Lipinski definition) is 4. The molecule has 0 bridgehead atoms. The first-order valence-electron chi connectivity index (χ1n) is 6.45. The monoisotopic (exact) mass is 292 g/mol. The fraction of sp³-hybridized carbons (Fsp3) is 0.286. The zero-order valence-corrected chi connectivity index (χ0v) is 11.7. The maximum absolute atomic E-state index is 12.5. The third-order valence-electron chi connectivity index (χ3n) is 3.46. The van der Waals surface area contributed by atoms with E-state index in [0.717, 1.165) is 5.39 Å². The topological polar surface area (TPSA) is 81.4 Å². The van der Waals surface area contributed by atoms with E-state index in [-0.39, 0.29) is 10.9 Å². The first-order chi connectivity index (χ1) is 9.58. The first kappa shape index (κ1) is 13.4. The van der Waals surface area contributed by atoms with E-state index in [4.69, 9.17) is 10.5 Å². The number of sulfonamides is 1. The van der Waals surface area contributed by atoms with Gasteiger partial charge in [0.15, 0.2) is 0 Å². The second-order valence-electron chi connectivity index (χ2n) is 4.88. The Kier molecular flexibility index (Phi) is 3.37. The van der Waals surface area contributed by atoms with E-state index in [9.17, 15) is 8.42 Å². The maximum Gasteiger partial charge on any atom is 0.241 e. The number of fused-ring (bicyclic) bond motifs is 1. The molecular formula is C14H16N2O3S. The minimum atomic E-state index is -3.57. The molecule has 0 amide bonds. The van der Waals surface area contributed by atoms with E-state index in [1.807, 2.05) is 12.1 Å². The van der Waals surface area contributed by atoms with E-state index < -0.39 is 10.0 Å². The van der Waals surface area contributed by atoms with Gasteiger partial charge in [-0.3, -0.25) is 0 Å². The van der Waals surface area contributed by atoms with Crippen LogP contribution in [0.2, 0.25) is 0 Å². The van der Waals surface area contributed by atoms with E-state index >= 15 is 0 Å². The highest BCUT2D eigenvalue weighted by molar-refractivity contribution is 7.89. The first-order valence-corrected chi connectivity index (χ1v) is 7.93. The molecule has 3 rings (SSSR count). The average molecular weight is 292 g/mol. The van der Waals surface area contributed by atoms with Crippen LogP contribution in [0.1, 0.15) is 6.42 Å². The second-order valence-corrected chi connectivity index (χ2v) is 6.56. The Hall–Kier alpha value is -1.63. The number of hydrogen-bond donors (Lipinski definition) is 2. The molecule has 1 heterocycles. The average Bonchev–Trinajstić information content (AvgIpc) is 2.91. The van der Waals surface area contributed by atoms with Crippen molar-refractivity contribution in [1.29, 1.82) is 0 Å². The van der Waals surface area contributed by atoms with Crippen molar-refractivity contribution in [2.75, 3.05) is 18.9 Å². The summed E-state index contributed by atoms with van der Waals surface area (Å²) in [6, 6.07) is 10.3. The Morgan fingerprint density at radius 1 is 1.15 bits per heavy atom. The maximum atomic E-state index is 12.5. The largest absolute Gasteiger partial charge is 0.398 e. The molecule has 2 aromatic carbocycles. The van der Waals surface area contributed by atoms with Crippen LogP contribution in [-0.4, -0.2) is 27.7 Å². The third-order valence-corrected chi connectivity index (χ3v) is 5.04. The fourth-order valence-corrected chi connectivity index (χ4v) is 3.91. The van der Waals surface area contributed by atoms with Crippen molar-refractivity contribution in [2.24, 2.45) is 0 Å². The highest BCUT2D eigenvalue weighted by Crippen LogP contribution is 2.27. The van der Waals surface area contributed by atoms with E-state index in [1.54, 1.807) is 24.3 Å². The summed E-state index contributed by atoms with van der Waals surface area (Å²) < 4.78 is 32.9. The van der Waals surface area contributed by atoms with Crippen LogP contribution in [0.25, 0.3) is 10.8 Å². The molecule has 1 aliphatic heterocycles. The number of benzene rings is 2. The molecule has 0 aliphatic carbocycles. The molecular weight excluding hydrogens is 276 g/mol. The van der Waals surface area contributed by atoms with Gasteiger partial charge in [-0.05, 0) is 18.6 Å². The molecule has 1 unspecified atom stereocenters. The Labute approximate surface area is 117 Å². The molecule has 106 valence electrons. The highest BCUT2D eigenvalue weighted by Gasteiger charge is 2.25. The third kappa shape index (κ3) is 2.37. The van der Waals surface area contributed by atoms with E-state index in [0.29, 0.717) is 30.7 Å². The van der Waals surface area contributed by atoms with Crippen molar-refractivity contribution < 1.29 is 13.2 Å². The summed E-state index contributed by atoms with van der Waals surface area (Å²) in [5.74, 6) is 0. The van der Waals surface area contributed by atoms with Gasteiger partial charge in [0.1, 0.15) is 0 Å². The summed E-state index contributed by atoms with van der Waals surface area (Å²) >= 11 is 0. The van der Waals surface area contributed by atoms with Crippen LogP contribution >= 0.6 is 0 Å². The molecule has 0 radical (unpaired) electrons. The molecule has 1 saturated heterocycles. The Balaban J connectivity index is 2.07. The van der Waals surface area contributed by atoms with Crippen molar-refractivity contribution in [1.82, 2.24) is 4.72 Å². The van der Waals surface area contributed by atoms with Gasteiger partial charge in [0.05, 0.1) is 11.5 Å². The van der Waals surface area contributed by atoms with Gasteiger partial charge in [0, 0.05) is 29.1 Å². The number of ether oxygens (including phenoxy) is 1. The van der Waals surface area contributed by atoms with Crippen LogP contribution in [0.4, 0.5) is 5.69 Å². The van der Waals surface area contributed by atoms with Gasteiger partial charge in [0.2, 0.25) is 10.0 Å². The molecule has 20 heavy (non-hydrogen) atoms. The lowest BCUT2D eigenvalue weighted by Gasteiger charge is -2.14. The van der Waals surface area contributed by atoms with Crippen LogP contribution in [-0.2, 0) is 14.8 Å². The summed E-state index contributed by atoms with van der Waals surface area (Å²) in [6.07, 6.45) is 0.701. The predicted molar refractivity (Wildman–Crippen MR) is 77.9 cm³/mol. The van der Waals surface area contributed by atoms with Crippen molar-refractivity contribution in [2.45, 2.75) is 17.4 Å². The minimum Gasteiger partial charge on any atom is -0.398 e. The number of rotatable bonds is 3. The Morgan fingerprint density at radius 2 is 1.90 bits per heavy atom. The number of anilines is 1. The predicted octanol–water partition coefficient (Wildman–Crippen LogP) is 1.49. The number of nitrogens with two attached hydrogens (primary N) is 1.